The highest BCUT2D eigenvalue weighted by atomic mass is 32.2. The minimum Gasteiger partial charge on any atom is -0.368 e. The van der Waals surface area contributed by atoms with Crippen molar-refractivity contribution < 1.29 is 0 Å². The van der Waals surface area contributed by atoms with Gasteiger partial charge in [0.2, 0.25) is 23.8 Å². The third-order valence-electron chi connectivity index (χ3n) is 8.98. The lowest BCUT2D eigenvalue weighted by molar-refractivity contribution is 0.716. The van der Waals surface area contributed by atoms with E-state index in [2.05, 4.69) is 98.5 Å². The summed E-state index contributed by atoms with van der Waals surface area (Å²) < 4.78 is 0. The molecule has 1 aliphatic rings. The highest BCUT2D eigenvalue weighted by Gasteiger charge is 2.22. The number of thioether (sulfide) groups is 8. The topological polar surface area (TPSA) is 215 Å². The molecule has 4 unspecified atom stereocenters. The van der Waals surface area contributed by atoms with Crippen molar-refractivity contribution in [1.82, 2.24) is 55.5 Å². The predicted molar refractivity (Wildman–Crippen MR) is 297 cm³/mol. The molecule has 67 heavy (non-hydrogen) atoms. The number of nitrogen functional groups attached to an aromatic ring is 1. The molecule has 0 fully saturated rings. The Hall–Kier alpha value is -1.83. The Kier molecular flexibility index (Phi) is 29.0. The number of hydrogen-bond donors (Lipinski definition) is 5. The van der Waals surface area contributed by atoms with Gasteiger partial charge in [0.25, 0.3) is 0 Å². The maximum Gasteiger partial charge on any atom is 0.227 e. The maximum atomic E-state index is 6.01. The molecule has 4 rings (SSSR count). The van der Waals surface area contributed by atoms with Gasteiger partial charge in [-0.3, -0.25) is 0 Å². The zero-order valence-corrected chi connectivity index (χ0v) is 47.4. The first-order valence-corrected chi connectivity index (χ1v) is 31.7. The summed E-state index contributed by atoms with van der Waals surface area (Å²) in [5.74, 6) is 9.64. The molecular formula is C43H74N16S8. The minimum atomic E-state index is -0.202. The molecule has 0 saturated heterocycles. The zero-order valence-electron chi connectivity index (χ0n) is 40.9. The van der Waals surface area contributed by atoms with E-state index in [1.165, 1.54) is 43.9 Å². The van der Waals surface area contributed by atoms with Crippen molar-refractivity contribution in [2.75, 3.05) is 62.4 Å². The van der Waals surface area contributed by atoms with Crippen LogP contribution in [0.5, 0.6) is 0 Å². The Balaban J connectivity index is 1.39. The predicted octanol–water partition coefficient (Wildman–Crippen LogP) is 11.1. The van der Waals surface area contributed by atoms with Gasteiger partial charge in [0, 0.05) is 64.1 Å². The van der Waals surface area contributed by atoms with Crippen LogP contribution in [0.15, 0.2) is 40.9 Å². The van der Waals surface area contributed by atoms with Crippen molar-refractivity contribution in [3.63, 3.8) is 0 Å². The second kappa shape index (κ2) is 33.7. The molecule has 0 spiro atoms. The zero-order chi connectivity index (χ0) is 48.2. The largest absolute Gasteiger partial charge is 0.368 e. The van der Waals surface area contributed by atoms with Crippen LogP contribution in [0.2, 0.25) is 0 Å². The third-order valence-corrected chi connectivity index (χ3v) is 17.6. The van der Waals surface area contributed by atoms with E-state index in [4.69, 9.17) is 45.6 Å². The molecule has 6 N–H and O–H groups in total. The van der Waals surface area contributed by atoms with Gasteiger partial charge in [0.15, 0.2) is 41.6 Å². The number of hydrogen-bond acceptors (Lipinski definition) is 24. The van der Waals surface area contributed by atoms with Gasteiger partial charge in [0.1, 0.15) is 0 Å². The average molecular weight is 1070 g/mol. The molecular weight excluding hydrogens is 997 g/mol. The van der Waals surface area contributed by atoms with Crippen molar-refractivity contribution in [1.29, 1.82) is 0 Å². The summed E-state index contributed by atoms with van der Waals surface area (Å²) in [6.07, 6.45) is 11.6. The van der Waals surface area contributed by atoms with E-state index < -0.39 is 0 Å². The molecule has 0 saturated carbocycles. The lowest BCUT2D eigenvalue weighted by Gasteiger charge is -2.25. The Labute approximate surface area is 434 Å². The van der Waals surface area contributed by atoms with Gasteiger partial charge in [-0.25, -0.2) is 4.99 Å². The number of rotatable bonds is 34. The monoisotopic (exact) mass is 1070 g/mol. The van der Waals surface area contributed by atoms with Crippen LogP contribution in [0.3, 0.4) is 0 Å². The lowest BCUT2D eigenvalue weighted by atomic mass is 10.3. The van der Waals surface area contributed by atoms with Gasteiger partial charge in [-0.1, -0.05) is 162 Å². The van der Waals surface area contributed by atoms with Gasteiger partial charge in [-0.15, -0.1) is 11.8 Å². The van der Waals surface area contributed by atoms with Crippen LogP contribution in [0.1, 0.15) is 127 Å². The van der Waals surface area contributed by atoms with Gasteiger partial charge in [-0.05, 0) is 52.4 Å². The number of amidine groups is 1. The molecule has 3 aromatic rings. The molecule has 24 heteroatoms. The van der Waals surface area contributed by atoms with Crippen LogP contribution in [0.4, 0.5) is 17.8 Å². The molecule has 0 radical (unpaired) electrons. The van der Waals surface area contributed by atoms with Crippen LogP contribution in [0, 0.1) is 5.92 Å². The number of guanidine groups is 1. The SMILES string of the molecule is CCCCCSC1=NC(NC(C)CSc2nc(NC(C)CSc3nc(N)nc(SCCC)n3)nc(SCCCCC)n2)=NC(SCC(C)Nc2nc(SCCCCC)nc(SCC(C)C)n2)N1. The maximum absolute atomic E-state index is 6.01. The van der Waals surface area contributed by atoms with Crippen LogP contribution in [-0.4, -0.2) is 126 Å². The highest BCUT2D eigenvalue weighted by molar-refractivity contribution is 8.14. The van der Waals surface area contributed by atoms with E-state index in [9.17, 15) is 0 Å². The molecule has 0 amide bonds. The highest BCUT2D eigenvalue weighted by Crippen LogP contribution is 2.27. The van der Waals surface area contributed by atoms with Gasteiger partial charge < -0.3 is 27.0 Å². The van der Waals surface area contributed by atoms with E-state index in [1.807, 2.05) is 0 Å². The van der Waals surface area contributed by atoms with Gasteiger partial charge in [-0.2, -0.15) is 49.8 Å². The van der Waals surface area contributed by atoms with E-state index >= 15 is 0 Å². The molecule has 0 aliphatic carbocycles. The average Bonchev–Trinajstić information content (AvgIpc) is 3.29. The second-order valence-electron chi connectivity index (χ2n) is 16.4. The lowest BCUT2D eigenvalue weighted by Crippen LogP contribution is -2.42. The number of nitrogens with zero attached hydrogens (tertiary/aromatic N) is 11. The fourth-order valence-corrected chi connectivity index (χ4v) is 12.4. The number of aliphatic imine (C=N–C) groups is 2. The quantitative estimate of drug-likeness (QED) is 0.0278. The molecule has 4 heterocycles. The van der Waals surface area contributed by atoms with Crippen LogP contribution in [0.25, 0.3) is 0 Å². The number of aromatic nitrogens is 9. The first kappa shape index (κ1) is 57.7. The van der Waals surface area contributed by atoms with Crippen molar-refractivity contribution in [3.05, 3.63) is 0 Å². The number of anilines is 3. The first-order valence-electron chi connectivity index (χ1n) is 23.7. The molecule has 4 atom stereocenters. The van der Waals surface area contributed by atoms with Crippen LogP contribution < -0.4 is 27.0 Å². The van der Waals surface area contributed by atoms with E-state index in [1.54, 1.807) is 82.3 Å². The molecule has 16 nitrogen and oxygen atoms in total. The van der Waals surface area contributed by atoms with E-state index in [-0.39, 0.29) is 29.6 Å². The minimum absolute atomic E-state index is 0.0236. The summed E-state index contributed by atoms with van der Waals surface area (Å²) in [6, 6.07) is 0.141. The molecule has 3 aromatic heterocycles. The fraction of sp³-hybridized carbons (Fsp3) is 0.744. The first-order chi connectivity index (χ1) is 32.4. The smallest absolute Gasteiger partial charge is 0.227 e. The van der Waals surface area contributed by atoms with E-state index in [0.29, 0.717) is 50.7 Å². The summed E-state index contributed by atoms with van der Waals surface area (Å²) in [5, 5.41) is 19.4. The number of nitrogens with one attached hydrogen (secondary N) is 4. The molecule has 0 aromatic carbocycles. The fourth-order valence-electron chi connectivity index (χ4n) is 5.58. The Morgan fingerprint density at radius 3 is 1.42 bits per heavy atom. The second-order valence-corrected chi connectivity index (χ2v) is 24.7. The Morgan fingerprint density at radius 2 is 0.910 bits per heavy atom. The number of unbranched alkanes of at least 4 members (excludes halogenated alkanes) is 6. The normalized spacial score (nSPS) is 15.2. The van der Waals surface area contributed by atoms with Crippen LogP contribution >= 0.6 is 94.1 Å². The summed E-state index contributed by atoms with van der Waals surface area (Å²) in [4.78, 5) is 52.2. The standard InChI is InChI=1S/C43H74N16S8/c1-10-14-17-21-61-38-50-33(53-41(57-38)64-24-28(5)6)46-30(8)26-66-43-55-35(52-40(59-43)63-23-19-16-12-3)47-31(9)27-67-42-54-34(51-39(58-42)62-22-18-15-11-2)45-29(7)25-65-37-49-32(44)48-36(56-37)60-20-13-4/h28-31,43H,10-27H2,1-9H3,(H2,44,48,49,56)(H,45,51,54,58)(H,46,50,53,57)(H2,47,52,55,59). The van der Waals surface area contributed by atoms with Crippen molar-refractivity contribution in [3.8, 4) is 0 Å². The third kappa shape index (κ3) is 24.7. The summed E-state index contributed by atoms with van der Waals surface area (Å²) in [6.45, 7) is 19.7. The molecule has 0 bridgehead atoms. The van der Waals surface area contributed by atoms with Crippen LogP contribution in [-0.2, 0) is 0 Å². The summed E-state index contributed by atoms with van der Waals surface area (Å²) in [7, 11) is 0. The molecule has 374 valence electrons. The van der Waals surface area contributed by atoms with E-state index in [0.717, 1.165) is 87.3 Å². The van der Waals surface area contributed by atoms with Crippen molar-refractivity contribution in [2.24, 2.45) is 15.9 Å². The Morgan fingerprint density at radius 1 is 0.478 bits per heavy atom. The van der Waals surface area contributed by atoms with Crippen molar-refractivity contribution >= 4 is 123 Å². The van der Waals surface area contributed by atoms with Gasteiger partial charge in [0.05, 0.1) is 0 Å². The number of nitrogens with two attached hydrogens (primary N) is 1. The van der Waals surface area contributed by atoms with Crippen molar-refractivity contribution in [2.45, 2.75) is 181 Å². The van der Waals surface area contributed by atoms with Gasteiger partial charge >= 0.3 is 0 Å². The summed E-state index contributed by atoms with van der Waals surface area (Å²) >= 11 is 13.3. The summed E-state index contributed by atoms with van der Waals surface area (Å²) in [5.41, 5.74) is 5.80. The Bertz CT molecular complexity index is 1930. The molecule has 1 aliphatic heterocycles.